The maximum absolute atomic E-state index is 12.9. The zero-order valence-electron chi connectivity index (χ0n) is 14.4. The fourth-order valence-corrected chi connectivity index (χ4v) is 3.66. The van der Waals surface area contributed by atoms with Crippen molar-refractivity contribution in [2.75, 3.05) is 13.1 Å². The van der Waals surface area contributed by atoms with E-state index in [1.807, 2.05) is 4.90 Å². The Balaban J connectivity index is 0.00000261. The summed E-state index contributed by atoms with van der Waals surface area (Å²) in [6, 6.07) is 5.90. The van der Waals surface area contributed by atoms with Crippen LogP contribution in [-0.2, 0) is 17.9 Å². The molecule has 27 heavy (non-hydrogen) atoms. The Morgan fingerprint density at radius 1 is 1.30 bits per heavy atom. The van der Waals surface area contributed by atoms with Gasteiger partial charge in [0.25, 0.3) is 5.91 Å². The van der Waals surface area contributed by atoms with Gasteiger partial charge in [0, 0.05) is 13.1 Å². The zero-order valence-corrected chi connectivity index (χ0v) is 16.1. The van der Waals surface area contributed by atoms with E-state index in [1.54, 1.807) is 12.1 Å². The molecule has 2 aromatic rings. The number of benzene rings is 1. The second kappa shape index (κ2) is 9.72. The van der Waals surface area contributed by atoms with E-state index >= 15 is 0 Å². The van der Waals surface area contributed by atoms with Crippen molar-refractivity contribution in [3.05, 3.63) is 45.7 Å². The molecule has 0 aliphatic carbocycles. The molecule has 0 spiro atoms. The van der Waals surface area contributed by atoms with E-state index in [-0.39, 0.29) is 41.6 Å². The van der Waals surface area contributed by atoms with E-state index < -0.39 is 5.97 Å². The highest BCUT2D eigenvalue weighted by Crippen LogP contribution is 2.20. The Bertz CT molecular complexity index is 787. The van der Waals surface area contributed by atoms with Crippen LogP contribution in [-0.4, -0.2) is 45.2 Å². The van der Waals surface area contributed by atoms with Crippen molar-refractivity contribution in [1.82, 2.24) is 20.4 Å². The van der Waals surface area contributed by atoms with Crippen molar-refractivity contribution >= 4 is 35.6 Å². The molecular weight excluding hydrogens is 395 g/mol. The molecule has 1 unspecified atom stereocenters. The highest BCUT2D eigenvalue weighted by atomic mass is 35.5. The number of likely N-dealkylation sites (tertiary alicyclic amines) is 1. The van der Waals surface area contributed by atoms with Crippen LogP contribution >= 0.6 is 23.7 Å². The fourth-order valence-electron chi connectivity index (χ4n) is 2.86. The molecular formula is C17H20ClFN4O3S. The molecule has 3 rings (SSSR count). The summed E-state index contributed by atoms with van der Waals surface area (Å²) in [6.07, 6.45) is 1.53. The van der Waals surface area contributed by atoms with Gasteiger partial charge in [0.1, 0.15) is 10.8 Å². The number of carbonyl (C=O) groups is 2. The highest BCUT2D eigenvalue weighted by Gasteiger charge is 2.26. The lowest BCUT2D eigenvalue weighted by molar-refractivity contribution is -0.143. The number of hydrogen-bond acceptors (Lipinski definition) is 6. The van der Waals surface area contributed by atoms with E-state index in [0.717, 1.165) is 18.5 Å². The Morgan fingerprint density at radius 3 is 2.74 bits per heavy atom. The summed E-state index contributed by atoms with van der Waals surface area (Å²) in [4.78, 5) is 25.3. The first-order valence-corrected chi connectivity index (χ1v) is 9.13. The van der Waals surface area contributed by atoms with Crippen LogP contribution in [0.5, 0.6) is 0 Å². The van der Waals surface area contributed by atoms with Crippen LogP contribution in [0.2, 0.25) is 0 Å². The van der Waals surface area contributed by atoms with Crippen molar-refractivity contribution in [3.63, 3.8) is 0 Å². The summed E-state index contributed by atoms with van der Waals surface area (Å²) in [6.45, 7) is 2.07. The summed E-state index contributed by atoms with van der Waals surface area (Å²) in [5.74, 6) is -1.78. The van der Waals surface area contributed by atoms with Crippen molar-refractivity contribution in [1.29, 1.82) is 0 Å². The van der Waals surface area contributed by atoms with Crippen LogP contribution in [0.25, 0.3) is 0 Å². The smallest absolute Gasteiger partial charge is 0.307 e. The average molecular weight is 415 g/mol. The van der Waals surface area contributed by atoms with E-state index in [1.165, 1.54) is 23.5 Å². The summed E-state index contributed by atoms with van der Waals surface area (Å²) in [5.41, 5.74) is 0.789. The number of piperidine rings is 1. The molecule has 2 heterocycles. The Labute approximate surface area is 166 Å². The fraction of sp³-hybridized carbons (Fsp3) is 0.412. The Kier molecular flexibility index (Phi) is 7.64. The van der Waals surface area contributed by atoms with Gasteiger partial charge in [-0.05, 0) is 37.1 Å². The molecule has 1 fully saturated rings. The van der Waals surface area contributed by atoms with E-state index in [0.29, 0.717) is 24.5 Å². The van der Waals surface area contributed by atoms with Crippen molar-refractivity contribution < 1.29 is 19.1 Å². The quantitative estimate of drug-likeness (QED) is 0.753. The number of nitrogens with one attached hydrogen (secondary N) is 1. The molecule has 0 radical (unpaired) electrons. The van der Waals surface area contributed by atoms with E-state index in [9.17, 15) is 14.0 Å². The summed E-state index contributed by atoms with van der Waals surface area (Å²) >= 11 is 1.20. The standard InChI is InChI=1S/C17H19FN4O3S.ClH/c18-13-5-3-11(4-6-13)8-19-15(23)16-21-20-14(26-16)10-22-7-1-2-12(9-22)17(24)25;/h3-6,12H,1-2,7-10H2,(H,19,23)(H,24,25);1H. The number of carbonyl (C=O) groups excluding carboxylic acids is 1. The molecule has 7 nitrogen and oxygen atoms in total. The molecule has 1 aliphatic heterocycles. The third-order valence-corrected chi connectivity index (χ3v) is 5.15. The zero-order chi connectivity index (χ0) is 18.5. The summed E-state index contributed by atoms with van der Waals surface area (Å²) < 4.78 is 12.9. The first kappa shape index (κ1) is 21.2. The average Bonchev–Trinajstić information content (AvgIpc) is 3.10. The third-order valence-electron chi connectivity index (χ3n) is 4.24. The molecule has 1 aromatic carbocycles. The van der Waals surface area contributed by atoms with E-state index in [2.05, 4.69) is 15.5 Å². The lowest BCUT2D eigenvalue weighted by atomic mass is 9.98. The molecule has 1 atom stereocenters. The Hall–Kier alpha value is -2.10. The van der Waals surface area contributed by atoms with Crippen LogP contribution in [0.4, 0.5) is 4.39 Å². The molecule has 10 heteroatoms. The minimum atomic E-state index is -0.771. The number of carboxylic acids is 1. The topological polar surface area (TPSA) is 95.4 Å². The molecule has 0 saturated carbocycles. The highest BCUT2D eigenvalue weighted by molar-refractivity contribution is 7.13. The number of aromatic nitrogens is 2. The van der Waals surface area contributed by atoms with Gasteiger partial charge < -0.3 is 10.4 Å². The molecule has 1 aromatic heterocycles. The molecule has 146 valence electrons. The van der Waals surface area contributed by atoms with Gasteiger partial charge in [-0.15, -0.1) is 22.6 Å². The van der Waals surface area contributed by atoms with Gasteiger partial charge in [0.05, 0.1) is 12.5 Å². The lowest BCUT2D eigenvalue weighted by Gasteiger charge is -2.29. The minimum Gasteiger partial charge on any atom is -0.481 e. The summed E-state index contributed by atoms with van der Waals surface area (Å²) in [5, 5.41) is 20.8. The number of rotatable bonds is 6. The minimum absolute atomic E-state index is 0. The molecule has 1 aliphatic rings. The first-order valence-electron chi connectivity index (χ1n) is 8.31. The van der Waals surface area contributed by atoms with Crippen LogP contribution in [0.3, 0.4) is 0 Å². The van der Waals surface area contributed by atoms with Crippen LogP contribution in [0.15, 0.2) is 24.3 Å². The van der Waals surface area contributed by atoms with E-state index in [4.69, 9.17) is 5.11 Å². The van der Waals surface area contributed by atoms with Gasteiger partial charge in [-0.3, -0.25) is 14.5 Å². The van der Waals surface area contributed by atoms with Gasteiger partial charge in [0.15, 0.2) is 0 Å². The monoisotopic (exact) mass is 414 g/mol. The maximum atomic E-state index is 12.9. The van der Waals surface area contributed by atoms with Crippen LogP contribution in [0, 0.1) is 11.7 Å². The second-order valence-electron chi connectivity index (χ2n) is 6.22. The van der Waals surface area contributed by atoms with Gasteiger partial charge in [-0.25, -0.2) is 4.39 Å². The predicted molar refractivity (Wildman–Crippen MR) is 100 cm³/mol. The number of halogens is 2. The van der Waals surface area contributed by atoms with Gasteiger partial charge in [-0.2, -0.15) is 0 Å². The summed E-state index contributed by atoms with van der Waals surface area (Å²) in [7, 11) is 0. The van der Waals surface area contributed by atoms with Gasteiger partial charge in [-0.1, -0.05) is 23.5 Å². The van der Waals surface area contributed by atoms with Crippen molar-refractivity contribution in [2.24, 2.45) is 5.92 Å². The third kappa shape index (κ3) is 5.95. The lowest BCUT2D eigenvalue weighted by Crippen LogP contribution is -2.38. The van der Waals surface area contributed by atoms with Gasteiger partial charge in [0.2, 0.25) is 5.01 Å². The number of carboxylic acid groups (broad SMARTS) is 1. The largest absolute Gasteiger partial charge is 0.481 e. The van der Waals surface area contributed by atoms with Crippen molar-refractivity contribution in [3.8, 4) is 0 Å². The normalized spacial score (nSPS) is 17.1. The molecule has 1 saturated heterocycles. The Morgan fingerprint density at radius 2 is 2.04 bits per heavy atom. The van der Waals surface area contributed by atoms with Gasteiger partial charge >= 0.3 is 5.97 Å². The van der Waals surface area contributed by atoms with Crippen LogP contribution < -0.4 is 5.32 Å². The van der Waals surface area contributed by atoms with Crippen molar-refractivity contribution in [2.45, 2.75) is 25.9 Å². The molecule has 0 bridgehead atoms. The predicted octanol–water partition coefficient (Wildman–Crippen LogP) is 2.33. The number of amides is 1. The second-order valence-corrected chi connectivity index (χ2v) is 7.28. The molecule has 1 amide bonds. The maximum Gasteiger partial charge on any atom is 0.307 e. The number of nitrogens with zero attached hydrogens (tertiary/aromatic N) is 3. The first-order chi connectivity index (χ1) is 12.5. The van der Waals surface area contributed by atoms with Crippen LogP contribution in [0.1, 0.15) is 33.2 Å². The molecule has 2 N–H and O–H groups in total. The SMILES string of the molecule is Cl.O=C(NCc1ccc(F)cc1)c1nnc(CN2CCCC(C(=O)O)C2)s1. The number of aliphatic carboxylic acids is 1. The number of hydrogen-bond donors (Lipinski definition) is 2.